The van der Waals surface area contributed by atoms with Crippen LogP contribution in [-0.2, 0) is 4.74 Å². The zero-order chi connectivity index (χ0) is 12.8. The van der Waals surface area contributed by atoms with Crippen molar-refractivity contribution in [2.45, 2.75) is 24.0 Å². The third kappa shape index (κ3) is 3.99. The number of morpholine rings is 1. The molecular weight excluding hydrogens is 246 g/mol. The second kappa shape index (κ2) is 7.14. The van der Waals surface area contributed by atoms with Crippen LogP contribution in [0.25, 0.3) is 0 Å². The van der Waals surface area contributed by atoms with Gasteiger partial charge in [0.25, 0.3) is 0 Å². The van der Waals surface area contributed by atoms with E-state index < -0.39 is 0 Å². The molecule has 0 bridgehead atoms. The van der Waals surface area contributed by atoms with Crippen LogP contribution in [0.15, 0.2) is 35.2 Å². The molecule has 3 nitrogen and oxygen atoms in total. The molecule has 1 N–H and O–H groups in total. The summed E-state index contributed by atoms with van der Waals surface area (Å²) in [6.07, 6.45) is -0.0112. The van der Waals surface area contributed by atoms with Gasteiger partial charge >= 0.3 is 0 Å². The summed E-state index contributed by atoms with van der Waals surface area (Å²) in [6.45, 7) is 4.91. The van der Waals surface area contributed by atoms with Crippen LogP contribution in [0.5, 0.6) is 0 Å². The van der Waals surface area contributed by atoms with Crippen molar-refractivity contribution in [3.63, 3.8) is 0 Å². The Hall–Kier alpha value is -0.550. The lowest BCUT2D eigenvalue weighted by Crippen LogP contribution is -2.50. The summed E-state index contributed by atoms with van der Waals surface area (Å²) in [6, 6.07) is 10.9. The Bertz CT molecular complexity index is 347. The van der Waals surface area contributed by atoms with Crippen molar-refractivity contribution in [3.05, 3.63) is 30.3 Å². The smallest absolute Gasteiger partial charge is 0.0933 e. The lowest BCUT2D eigenvalue weighted by molar-refractivity contribution is -0.0757. The predicted molar refractivity (Wildman–Crippen MR) is 75.0 cm³/mol. The van der Waals surface area contributed by atoms with E-state index in [1.807, 2.05) is 17.8 Å². The Balaban J connectivity index is 1.75. The summed E-state index contributed by atoms with van der Waals surface area (Å²) in [7, 11) is 0. The van der Waals surface area contributed by atoms with Crippen molar-refractivity contribution in [2.24, 2.45) is 0 Å². The number of aliphatic hydroxyl groups is 1. The van der Waals surface area contributed by atoms with Crippen molar-refractivity contribution in [2.75, 3.05) is 32.1 Å². The van der Waals surface area contributed by atoms with E-state index in [0.29, 0.717) is 6.04 Å². The van der Waals surface area contributed by atoms with Gasteiger partial charge in [0.1, 0.15) is 0 Å². The maximum atomic E-state index is 9.14. The molecule has 0 aliphatic carbocycles. The second-order valence-electron chi connectivity index (χ2n) is 4.64. The number of thioether (sulfide) groups is 1. The molecule has 1 aromatic carbocycles. The first-order chi connectivity index (χ1) is 8.79. The zero-order valence-electron chi connectivity index (χ0n) is 10.8. The molecule has 0 radical (unpaired) electrons. The molecule has 1 aromatic rings. The van der Waals surface area contributed by atoms with Crippen LogP contribution in [0.4, 0.5) is 0 Å². The lowest BCUT2D eigenvalue weighted by Gasteiger charge is -2.37. The van der Waals surface area contributed by atoms with Gasteiger partial charge in [-0.05, 0) is 19.1 Å². The first-order valence-corrected chi connectivity index (χ1v) is 7.42. The molecule has 2 rings (SSSR count). The molecule has 1 aliphatic rings. The molecule has 1 aliphatic heterocycles. The van der Waals surface area contributed by atoms with E-state index >= 15 is 0 Å². The Morgan fingerprint density at radius 1 is 1.39 bits per heavy atom. The maximum absolute atomic E-state index is 9.14. The topological polar surface area (TPSA) is 32.7 Å². The fraction of sp³-hybridized carbons (Fsp3) is 0.571. The predicted octanol–water partition coefficient (Wildman–Crippen LogP) is 1.86. The number of ether oxygens (including phenoxy) is 1. The number of hydrogen-bond acceptors (Lipinski definition) is 4. The van der Waals surface area contributed by atoms with Gasteiger partial charge in [-0.3, -0.25) is 4.90 Å². The van der Waals surface area contributed by atoms with Gasteiger partial charge in [-0.1, -0.05) is 18.2 Å². The minimum atomic E-state index is -0.0112. The number of aliphatic hydroxyl groups excluding tert-OH is 1. The summed E-state index contributed by atoms with van der Waals surface area (Å²) in [4.78, 5) is 3.72. The van der Waals surface area contributed by atoms with Gasteiger partial charge in [0, 0.05) is 29.8 Å². The van der Waals surface area contributed by atoms with Crippen LogP contribution >= 0.6 is 11.8 Å². The first-order valence-electron chi connectivity index (χ1n) is 6.44. The minimum absolute atomic E-state index is 0.0112. The number of nitrogens with zero attached hydrogens (tertiary/aromatic N) is 1. The monoisotopic (exact) mass is 267 g/mol. The van der Waals surface area contributed by atoms with Crippen molar-refractivity contribution >= 4 is 11.8 Å². The largest absolute Gasteiger partial charge is 0.394 e. The molecule has 0 spiro atoms. The summed E-state index contributed by atoms with van der Waals surface area (Å²) in [5.74, 6) is 1.08. The standard InChI is InChI=1S/C14H21NO2S/c1-12-11-17-13(10-16)9-15(12)7-8-18-14-5-3-2-4-6-14/h2-6,12-13,16H,7-11H2,1H3. The van der Waals surface area contributed by atoms with Crippen LogP contribution in [-0.4, -0.2) is 54.2 Å². The maximum Gasteiger partial charge on any atom is 0.0933 e. The molecule has 1 heterocycles. The number of rotatable bonds is 5. The van der Waals surface area contributed by atoms with Crippen LogP contribution in [0.3, 0.4) is 0 Å². The highest BCUT2D eigenvalue weighted by Crippen LogP contribution is 2.18. The highest BCUT2D eigenvalue weighted by atomic mass is 32.2. The van der Waals surface area contributed by atoms with Gasteiger partial charge in [-0.25, -0.2) is 0 Å². The van der Waals surface area contributed by atoms with E-state index in [0.717, 1.165) is 25.4 Å². The van der Waals surface area contributed by atoms with Gasteiger partial charge in [0.05, 0.1) is 19.3 Å². The van der Waals surface area contributed by atoms with E-state index in [2.05, 4.69) is 36.1 Å². The minimum Gasteiger partial charge on any atom is -0.394 e. The van der Waals surface area contributed by atoms with Gasteiger partial charge in [0.2, 0.25) is 0 Å². The van der Waals surface area contributed by atoms with Gasteiger partial charge < -0.3 is 9.84 Å². The molecule has 0 aromatic heterocycles. The number of hydrogen-bond donors (Lipinski definition) is 1. The van der Waals surface area contributed by atoms with Crippen molar-refractivity contribution < 1.29 is 9.84 Å². The normalized spacial score (nSPS) is 25.2. The third-order valence-electron chi connectivity index (χ3n) is 3.23. The number of benzene rings is 1. The third-order valence-corrected chi connectivity index (χ3v) is 4.22. The first kappa shape index (κ1) is 13.9. The molecule has 0 saturated carbocycles. The van der Waals surface area contributed by atoms with E-state index in [9.17, 15) is 0 Å². The quantitative estimate of drug-likeness (QED) is 0.826. The van der Waals surface area contributed by atoms with Crippen LogP contribution in [0.1, 0.15) is 6.92 Å². The Morgan fingerprint density at radius 3 is 2.89 bits per heavy atom. The van der Waals surface area contributed by atoms with Crippen LogP contribution in [0, 0.1) is 0 Å². The highest BCUT2D eigenvalue weighted by Gasteiger charge is 2.24. The second-order valence-corrected chi connectivity index (χ2v) is 5.81. The summed E-state index contributed by atoms with van der Waals surface area (Å²) < 4.78 is 5.54. The van der Waals surface area contributed by atoms with Crippen molar-refractivity contribution in [1.29, 1.82) is 0 Å². The Kier molecular flexibility index (Phi) is 5.50. The molecule has 1 saturated heterocycles. The molecule has 0 amide bonds. The van der Waals surface area contributed by atoms with Crippen LogP contribution in [0.2, 0.25) is 0 Å². The van der Waals surface area contributed by atoms with Crippen molar-refractivity contribution in [3.8, 4) is 0 Å². The molecule has 100 valence electrons. The van der Waals surface area contributed by atoms with Gasteiger partial charge in [0.15, 0.2) is 0 Å². The van der Waals surface area contributed by atoms with Gasteiger partial charge in [-0.15, -0.1) is 11.8 Å². The Morgan fingerprint density at radius 2 is 2.17 bits per heavy atom. The molecule has 2 atom stereocenters. The fourth-order valence-corrected chi connectivity index (χ4v) is 3.01. The lowest BCUT2D eigenvalue weighted by atomic mass is 10.2. The summed E-state index contributed by atoms with van der Waals surface area (Å²) in [5.41, 5.74) is 0. The van der Waals surface area contributed by atoms with E-state index in [1.165, 1.54) is 4.90 Å². The average Bonchev–Trinajstić information content (AvgIpc) is 2.42. The molecule has 2 unspecified atom stereocenters. The van der Waals surface area contributed by atoms with Gasteiger partial charge in [-0.2, -0.15) is 0 Å². The molecule has 1 fully saturated rings. The molecule has 4 heteroatoms. The SMILES string of the molecule is CC1COC(CO)CN1CCSc1ccccc1. The fourth-order valence-electron chi connectivity index (χ4n) is 2.09. The molecular formula is C14H21NO2S. The van der Waals surface area contributed by atoms with Crippen LogP contribution < -0.4 is 0 Å². The summed E-state index contributed by atoms with van der Waals surface area (Å²) in [5, 5.41) is 9.14. The van der Waals surface area contributed by atoms with Crippen molar-refractivity contribution in [1.82, 2.24) is 4.90 Å². The highest BCUT2D eigenvalue weighted by molar-refractivity contribution is 7.99. The average molecular weight is 267 g/mol. The molecule has 18 heavy (non-hydrogen) atoms. The van der Waals surface area contributed by atoms with E-state index in [4.69, 9.17) is 9.84 Å². The van der Waals surface area contributed by atoms with E-state index in [1.54, 1.807) is 0 Å². The zero-order valence-corrected chi connectivity index (χ0v) is 11.6. The summed E-state index contributed by atoms with van der Waals surface area (Å²) >= 11 is 1.88. The Labute approximate surface area is 113 Å². The van der Waals surface area contributed by atoms with E-state index in [-0.39, 0.29) is 12.7 Å².